The third kappa shape index (κ3) is 36.0. The van der Waals surface area contributed by atoms with E-state index in [9.17, 15) is 38.4 Å². The van der Waals surface area contributed by atoms with Gasteiger partial charge in [-0.05, 0) is 289 Å². The molecule has 6 aromatic rings. The van der Waals surface area contributed by atoms with Gasteiger partial charge in [0.25, 0.3) is 0 Å². The predicted octanol–water partition coefficient (Wildman–Crippen LogP) is 21.8. The lowest BCUT2D eigenvalue weighted by Gasteiger charge is -2.28. The van der Waals surface area contributed by atoms with Crippen molar-refractivity contribution in [1.82, 2.24) is 0 Å². The number of ether oxygens (including phenoxy) is 8. The Hall–Kier alpha value is -6.95. The van der Waals surface area contributed by atoms with E-state index >= 15 is 0 Å². The quantitative estimate of drug-likeness (QED) is 0.0256. The van der Waals surface area contributed by atoms with E-state index in [0.717, 1.165) is 69.6 Å². The summed E-state index contributed by atoms with van der Waals surface area (Å²) in [7, 11) is 0. The molecule has 2 atom stereocenters. The summed E-state index contributed by atoms with van der Waals surface area (Å²) < 4.78 is 47.3. The Balaban J connectivity index is 0.000000352. The summed E-state index contributed by atoms with van der Waals surface area (Å²) in [5.41, 5.74) is 9.93. The van der Waals surface area contributed by atoms with Crippen molar-refractivity contribution in [2.24, 2.45) is 0 Å². The number of anilines is 6. The summed E-state index contributed by atoms with van der Waals surface area (Å²) in [6.07, 6.45) is -2.07. The fourth-order valence-corrected chi connectivity index (χ4v) is 12.6. The van der Waals surface area contributed by atoms with Crippen LogP contribution in [0.2, 0.25) is 0 Å². The van der Waals surface area contributed by atoms with E-state index < -0.39 is 63.2 Å². The molecule has 0 aromatic heterocycles. The second-order valence-electron chi connectivity index (χ2n) is 31.1. The first kappa shape index (κ1) is 98.2. The van der Waals surface area contributed by atoms with Crippen LogP contribution in [0.25, 0.3) is 0 Å². The number of hydrogen-bond acceptors (Lipinski definition) is 17. The zero-order chi connectivity index (χ0) is 84.4. The van der Waals surface area contributed by atoms with Gasteiger partial charge in [0, 0.05) is 75.0 Å². The van der Waals surface area contributed by atoms with Crippen LogP contribution in [-0.4, -0.2) is 128 Å². The molecule has 22 nitrogen and oxygen atoms in total. The molecule has 28 heteroatoms. The van der Waals surface area contributed by atoms with Crippen LogP contribution in [-0.2, 0) is 63.1 Å². The van der Waals surface area contributed by atoms with Crippen molar-refractivity contribution in [1.29, 1.82) is 0 Å². The summed E-state index contributed by atoms with van der Waals surface area (Å²) in [6.45, 7) is 45.2. The number of amides is 5. The number of hydrogen-bond donors (Lipinski definition) is 2. The summed E-state index contributed by atoms with van der Waals surface area (Å²) in [5, 5.41) is 2.70. The Bertz CT molecular complexity index is 4190. The largest absolute Gasteiger partial charge is 0.465 e. The van der Waals surface area contributed by atoms with Crippen molar-refractivity contribution in [3.8, 4) is 0 Å². The molecule has 5 amide bonds. The van der Waals surface area contributed by atoms with Gasteiger partial charge in [0.05, 0.1) is 41.5 Å². The van der Waals surface area contributed by atoms with Crippen molar-refractivity contribution in [2.45, 2.75) is 177 Å². The summed E-state index contributed by atoms with van der Waals surface area (Å²) in [4.78, 5) is 101. The van der Waals surface area contributed by atoms with Gasteiger partial charge in [-0.3, -0.25) is 39.3 Å². The molecule has 0 saturated heterocycles. The molecule has 6 aromatic carbocycles. The number of alkyl halides is 1. The van der Waals surface area contributed by atoms with E-state index in [0.29, 0.717) is 31.1 Å². The molecule has 0 spiro atoms. The lowest BCUT2D eigenvalue weighted by molar-refractivity contribution is -0.143. The summed E-state index contributed by atoms with van der Waals surface area (Å²) >= 11 is 18.0. The minimum atomic E-state index is -0.604. The number of nitrogens with one attached hydrogen (secondary N) is 1. The molecule has 0 aliphatic carbocycles. The molecular formula is C83H106BrClI4N6O16. The number of nitrogens with two attached hydrogens (primary N) is 1. The Morgan fingerprint density at radius 2 is 0.856 bits per heavy atom. The first-order valence-corrected chi connectivity index (χ1v) is 40.8. The van der Waals surface area contributed by atoms with Crippen LogP contribution in [0.15, 0.2) is 168 Å². The van der Waals surface area contributed by atoms with Crippen molar-refractivity contribution in [3.05, 3.63) is 194 Å². The van der Waals surface area contributed by atoms with Gasteiger partial charge in [-0.1, -0.05) is 110 Å². The molecule has 2 aliphatic heterocycles. The second kappa shape index (κ2) is 44.1. The van der Waals surface area contributed by atoms with Crippen molar-refractivity contribution >= 4 is 200 Å². The lowest BCUT2D eigenvalue weighted by Crippen LogP contribution is -2.41. The maximum absolute atomic E-state index is 12.5. The minimum absolute atomic E-state index is 0.0675. The van der Waals surface area contributed by atoms with Crippen LogP contribution in [0.4, 0.5) is 58.1 Å². The number of nitrogens with zero attached hydrogens (tertiary/aromatic N) is 4. The maximum Gasteiger partial charge on any atom is 0.415 e. The average Bonchev–Trinajstić information content (AvgIpc) is 1.61. The highest BCUT2D eigenvalue weighted by Gasteiger charge is 2.45. The Morgan fingerprint density at radius 1 is 0.486 bits per heavy atom. The highest BCUT2D eigenvalue weighted by atomic mass is 127. The van der Waals surface area contributed by atoms with Gasteiger partial charge in [-0.2, -0.15) is 0 Å². The second-order valence-corrected chi connectivity index (χ2v) is 36.9. The van der Waals surface area contributed by atoms with E-state index in [4.69, 9.17) is 55.2 Å². The van der Waals surface area contributed by atoms with Crippen LogP contribution in [0.3, 0.4) is 0 Å². The number of benzene rings is 6. The molecule has 2 heterocycles. The standard InChI is InChI=1S/C17H22BrNO4.C17H22INO4.C17H23NO4.C15H19ClINO2.C11H14INO2.C6H6IN/c1-11(20)22-10-17(5)9-19(15(21)23-16(2,3)4)14-7-6-12(18)8-13(14)17;1-12(11-22-13(2)20)10-19(16(21)23-17(3,4)5)15-9-7-6-8-14(15)18;1-12(19)21-11-17(5)10-18(15(20)22-16(2,3)4)14-9-7-6-8-13(14)17;1-11(9-16)10-18(14(19)20-15(2,3)4)13-8-6-5-7-12(13)17;1-11(2,3)15-10(14)13-9-7-5-4-6-8(9)12;7-5-3-1-2-4-6(5)8/h6-8H,9-10H2,1-5H3;6-9H,1,10-11H2,2-5H3;6-9H,10-11H2,1-5H3;5-8H,1,9-10H2,2-4H3;4-7H,1-3H3,(H,13,14);1-4H,8H2. The van der Waals surface area contributed by atoms with Crippen LogP contribution in [0.5, 0.6) is 0 Å². The normalized spacial score (nSPS) is 14.6. The topological polar surface area (TPSA) is 261 Å². The van der Waals surface area contributed by atoms with E-state index in [-0.39, 0.29) is 50.4 Å². The number of halogens is 6. The summed E-state index contributed by atoms with van der Waals surface area (Å²) in [6, 6.07) is 43.8. The fraction of sp³-hybridized carbons (Fsp3) is 0.422. The van der Waals surface area contributed by atoms with E-state index in [1.54, 1.807) is 14.7 Å². The van der Waals surface area contributed by atoms with E-state index in [1.807, 2.05) is 257 Å². The van der Waals surface area contributed by atoms with Crippen molar-refractivity contribution in [2.75, 3.05) is 82.5 Å². The number of para-hydroxylation sites is 5. The number of carbonyl (C=O) groups is 8. The third-order valence-electron chi connectivity index (χ3n) is 14.5. The minimum Gasteiger partial charge on any atom is -0.465 e. The first-order valence-electron chi connectivity index (χ1n) is 35.1. The van der Waals surface area contributed by atoms with Crippen LogP contribution >= 0.6 is 118 Å². The molecule has 8 rings (SSSR count). The third-order valence-corrected chi connectivity index (χ3v) is 19.2. The molecule has 111 heavy (non-hydrogen) atoms. The fourth-order valence-electron chi connectivity index (χ4n) is 9.88. The maximum atomic E-state index is 12.5. The molecular weight excluding hydrogens is 1960 g/mol. The van der Waals surface area contributed by atoms with E-state index in [1.165, 1.54) is 25.7 Å². The van der Waals surface area contributed by atoms with Crippen LogP contribution in [0, 0.1) is 14.3 Å². The molecule has 0 fully saturated rings. The SMILES string of the molecule is C=C(CCl)CN(C(=O)OC(C)(C)C)c1ccccc1I.C=C(COC(C)=O)CN(C(=O)OC(C)(C)C)c1ccccc1I.CC(=O)OCC1(C)CN(C(=O)OC(C)(C)C)c2ccc(Br)cc21.CC(=O)OCC1(C)CN(C(=O)OC(C)(C)C)c2ccccc21.CC(C)(C)OC(=O)Nc1ccccc1I.Nc1ccccc1I. The Morgan fingerprint density at radius 3 is 1.24 bits per heavy atom. The van der Waals surface area contributed by atoms with E-state index in [2.05, 4.69) is 125 Å². The first-order chi connectivity index (χ1) is 51.2. The number of carbonyl (C=O) groups excluding carboxylic acids is 8. The Kier molecular flexibility index (Phi) is 39.0. The van der Waals surface area contributed by atoms with Crippen molar-refractivity contribution in [3.63, 3.8) is 0 Å². The average molecular weight is 2070 g/mol. The predicted molar refractivity (Wildman–Crippen MR) is 479 cm³/mol. The number of fused-ring (bicyclic) bond motifs is 2. The molecule has 606 valence electrons. The highest BCUT2D eigenvalue weighted by molar-refractivity contribution is 14.1. The summed E-state index contributed by atoms with van der Waals surface area (Å²) in [5.74, 6) is -0.736. The molecule has 2 unspecified atom stereocenters. The van der Waals surface area contributed by atoms with Gasteiger partial charge in [0.1, 0.15) is 47.8 Å². The van der Waals surface area contributed by atoms with Crippen LogP contribution < -0.4 is 30.7 Å². The van der Waals surface area contributed by atoms with Gasteiger partial charge in [0.15, 0.2) is 0 Å². The van der Waals surface area contributed by atoms with Gasteiger partial charge in [0.2, 0.25) is 0 Å². The molecule has 3 N–H and O–H groups in total. The molecule has 0 radical (unpaired) electrons. The van der Waals surface area contributed by atoms with Gasteiger partial charge in [-0.15, -0.1) is 11.6 Å². The van der Waals surface area contributed by atoms with Crippen LogP contribution in [0.1, 0.15) is 150 Å². The number of nitrogen functional groups attached to an aromatic ring is 1. The van der Waals surface area contributed by atoms with Gasteiger partial charge >= 0.3 is 48.4 Å². The molecule has 2 aliphatic rings. The van der Waals surface area contributed by atoms with Gasteiger partial charge < -0.3 is 43.6 Å². The van der Waals surface area contributed by atoms with Crippen molar-refractivity contribution < 1.29 is 76.3 Å². The number of rotatable bonds is 14. The zero-order valence-electron chi connectivity index (χ0n) is 67.0. The lowest BCUT2D eigenvalue weighted by atomic mass is 9.85. The molecule has 0 saturated carbocycles. The monoisotopic (exact) mass is 2060 g/mol. The zero-order valence-corrected chi connectivity index (χ0v) is 78.0. The highest BCUT2D eigenvalue weighted by Crippen LogP contribution is 2.44. The molecule has 0 bridgehead atoms. The van der Waals surface area contributed by atoms with Gasteiger partial charge in [-0.25, -0.2) is 24.0 Å². The smallest absolute Gasteiger partial charge is 0.415 e. The number of esters is 3. The Labute approximate surface area is 723 Å².